The maximum absolute atomic E-state index is 13.2. The number of nitrogens with zero attached hydrogens (tertiary/aromatic N) is 1. The number of carbonyl (C=O) groups is 3. The summed E-state index contributed by atoms with van der Waals surface area (Å²) >= 11 is 0. The van der Waals surface area contributed by atoms with Gasteiger partial charge in [-0.3, -0.25) is 14.5 Å². The number of benzene rings is 2. The minimum Gasteiger partial charge on any atom is -0.486 e. The topological polar surface area (TPSA) is 97.0 Å². The van der Waals surface area contributed by atoms with E-state index in [1.165, 1.54) is 0 Å². The van der Waals surface area contributed by atoms with E-state index in [1.807, 2.05) is 32.0 Å². The van der Waals surface area contributed by atoms with Crippen LogP contribution >= 0.6 is 0 Å². The molecule has 0 aromatic heterocycles. The van der Waals surface area contributed by atoms with E-state index in [2.05, 4.69) is 10.6 Å². The first kappa shape index (κ1) is 20.7. The van der Waals surface area contributed by atoms with Gasteiger partial charge in [0.05, 0.1) is 0 Å². The maximum Gasteiger partial charge on any atom is 0.325 e. The highest BCUT2D eigenvalue weighted by Gasteiger charge is 2.49. The minimum absolute atomic E-state index is 0.373. The summed E-state index contributed by atoms with van der Waals surface area (Å²) in [6.45, 7) is 6.03. The van der Waals surface area contributed by atoms with Gasteiger partial charge >= 0.3 is 6.03 Å². The molecular weight excluding hydrogens is 398 g/mol. The molecule has 0 bridgehead atoms. The number of ether oxygens (including phenoxy) is 2. The fourth-order valence-electron chi connectivity index (χ4n) is 3.92. The van der Waals surface area contributed by atoms with Gasteiger partial charge in [0.25, 0.3) is 5.91 Å². The van der Waals surface area contributed by atoms with Crippen LogP contribution in [0.25, 0.3) is 0 Å². The maximum atomic E-state index is 13.2. The zero-order chi connectivity index (χ0) is 22.2. The van der Waals surface area contributed by atoms with Crippen LogP contribution in [0, 0.1) is 6.92 Å². The molecule has 0 spiro atoms. The van der Waals surface area contributed by atoms with E-state index in [4.69, 9.17) is 9.47 Å². The zero-order valence-electron chi connectivity index (χ0n) is 17.8. The van der Waals surface area contributed by atoms with Gasteiger partial charge in [-0.25, -0.2) is 4.79 Å². The van der Waals surface area contributed by atoms with Gasteiger partial charge in [-0.1, -0.05) is 31.2 Å². The first-order valence-electron chi connectivity index (χ1n) is 10.3. The standard InChI is InChI=1S/C23H25N3O5/c1-4-15-7-5-6-14(2)20(15)24-19(27)13-26-21(28)23(3,25-22(26)29)16-8-9-17-18(12-16)31-11-10-30-17/h5-9,12H,4,10-11,13H2,1-3H3,(H,24,27)(H,25,29)/t23-/m0/s1. The number of para-hydroxylation sites is 1. The molecule has 0 unspecified atom stereocenters. The molecule has 0 radical (unpaired) electrons. The molecule has 2 aromatic rings. The molecule has 1 saturated heterocycles. The van der Waals surface area contributed by atoms with Gasteiger partial charge in [0.2, 0.25) is 5.91 Å². The van der Waals surface area contributed by atoms with Crippen molar-refractivity contribution in [1.82, 2.24) is 10.2 Å². The number of nitrogens with one attached hydrogen (secondary N) is 2. The number of hydrogen-bond acceptors (Lipinski definition) is 5. The van der Waals surface area contributed by atoms with Crippen LogP contribution in [0.1, 0.15) is 30.5 Å². The third kappa shape index (κ3) is 3.69. The molecule has 2 heterocycles. The number of rotatable bonds is 5. The summed E-state index contributed by atoms with van der Waals surface area (Å²) in [6, 6.07) is 10.3. The van der Waals surface area contributed by atoms with Crippen molar-refractivity contribution < 1.29 is 23.9 Å². The number of urea groups is 1. The zero-order valence-corrected chi connectivity index (χ0v) is 17.8. The quantitative estimate of drug-likeness (QED) is 0.721. The first-order valence-corrected chi connectivity index (χ1v) is 10.3. The second-order valence-corrected chi connectivity index (χ2v) is 7.82. The molecular formula is C23H25N3O5. The normalized spacial score (nSPS) is 19.9. The van der Waals surface area contributed by atoms with Crippen molar-refractivity contribution in [2.75, 3.05) is 25.1 Å². The van der Waals surface area contributed by atoms with Crippen LogP contribution in [0.4, 0.5) is 10.5 Å². The van der Waals surface area contributed by atoms with E-state index in [-0.39, 0.29) is 6.54 Å². The Kier molecular flexibility index (Phi) is 5.31. The Morgan fingerprint density at radius 3 is 2.65 bits per heavy atom. The number of hydrogen-bond donors (Lipinski definition) is 2. The summed E-state index contributed by atoms with van der Waals surface area (Å²) < 4.78 is 11.1. The van der Waals surface area contributed by atoms with Gasteiger partial charge < -0.3 is 20.1 Å². The van der Waals surface area contributed by atoms with Crippen molar-refractivity contribution in [3.63, 3.8) is 0 Å². The summed E-state index contributed by atoms with van der Waals surface area (Å²) in [5, 5.41) is 5.57. The second kappa shape index (κ2) is 7.94. The summed E-state index contributed by atoms with van der Waals surface area (Å²) in [6.07, 6.45) is 0.753. The van der Waals surface area contributed by atoms with Crippen LogP contribution in [0.5, 0.6) is 11.5 Å². The molecule has 31 heavy (non-hydrogen) atoms. The van der Waals surface area contributed by atoms with Crippen LogP contribution in [-0.4, -0.2) is 42.5 Å². The van der Waals surface area contributed by atoms with Crippen LogP contribution in [-0.2, 0) is 21.5 Å². The molecule has 2 N–H and O–H groups in total. The molecule has 0 aliphatic carbocycles. The second-order valence-electron chi connectivity index (χ2n) is 7.82. The number of fused-ring (bicyclic) bond motifs is 1. The van der Waals surface area contributed by atoms with E-state index in [9.17, 15) is 14.4 Å². The van der Waals surface area contributed by atoms with Crippen LogP contribution in [0.3, 0.4) is 0 Å². The molecule has 162 valence electrons. The predicted molar refractivity (Wildman–Crippen MR) is 114 cm³/mol. The number of aryl methyl sites for hydroxylation is 2. The molecule has 4 rings (SSSR count). The summed E-state index contributed by atoms with van der Waals surface area (Å²) in [5.74, 6) is 0.190. The molecule has 2 aliphatic rings. The van der Waals surface area contributed by atoms with E-state index in [0.29, 0.717) is 30.3 Å². The van der Waals surface area contributed by atoms with Gasteiger partial charge in [0.1, 0.15) is 25.3 Å². The SMILES string of the molecule is CCc1cccc(C)c1NC(=O)CN1C(=O)N[C@@](C)(c2ccc3c(c2)OCCO3)C1=O. The number of amides is 4. The van der Waals surface area contributed by atoms with E-state index < -0.39 is 23.4 Å². The average Bonchev–Trinajstić information content (AvgIpc) is 2.98. The van der Waals surface area contributed by atoms with E-state index in [0.717, 1.165) is 28.1 Å². The van der Waals surface area contributed by atoms with Crippen molar-refractivity contribution >= 4 is 23.5 Å². The summed E-state index contributed by atoms with van der Waals surface area (Å²) in [5.41, 5.74) is 1.89. The van der Waals surface area contributed by atoms with Crippen molar-refractivity contribution in [2.45, 2.75) is 32.7 Å². The molecule has 8 heteroatoms. The molecule has 1 fully saturated rings. The molecule has 8 nitrogen and oxygen atoms in total. The molecule has 1 atom stereocenters. The van der Waals surface area contributed by atoms with Crippen molar-refractivity contribution in [3.8, 4) is 11.5 Å². The van der Waals surface area contributed by atoms with Gasteiger partial charge in [0, 0.05) is 5.69 Å². The molecule has 0 saturated carbocycles. The third-order valence-electron chi connectivity index (χ3n) is 5.70. The lowest BCUT2D eigenvalue weighted by Crippen LogP contribution is -2.42. The summed E-state index contributed by atoms with van der Waals surface area (Å²) in [4.78, 5) is 39.4. The largest absolute Gasteiger partial charge is 0.486 e. The van der Waals surface area contributed by atoms with E-state index >= 15 is 0 Å². The Morgan fingerprint density at radius 2 is 1.90 bits per heavy atom. The Hall–Kier alpha value is -3.55. The highest BCUT2D eigenvalue weighted by molar-refractivity contribution is 6.10. The number of carbonyl (C=O) groups excluding carboxylic acids is 3. The molecule has 4 amide bonds. The molecule has 2 aromatic carbocycles. The Balaban J connectivity index is 1.53. The van der Waals surface area contributed by atoms with Crippen molar-refractivity contribution in [2.24, 2.45) is 0 Å². The van der Waals surface area contributed by atoms with Crippen LogP contribution < -0.4 is 20.1 Å². The number of anilines is 1. The van der Waals surface area contributed by atoms with Crippen LogP contribution in [0.15, 0.2) is 36.4 Å². The smallest absolute Gasteiger partial charge is 0.325 e. The monoisotopic (exact) mass is 423 g/mol. The first-order chi connectivity index (χ1) is 14.8. The number of imide groups is 1. The lowest BCUT2D eigenvalue weighted by molar-refractivity contribution is -0.133. The predicted octanol–water partition coefficient (Wildman–Crippen LogP) is 2.73. The highest BCUT2D eigenvalue weighted by atomic mass is 16.6. The molecule has 2 aliphatic heterocycles. The summed E-state index contributed by atoms with van der Waals surface area (Å²) in [7, 11) is 0. The highest BCUT2D eigenvalue weighted by Crippen LogP contribution is 2.36. The van der Waals surface area contributed by atoms with Gasteiger partial charge in [-0.05, 0) is 49.1 Å². The Morgan fingerprint density at radius 1 is 1.16 bits per heavy atom. The minimum atomic E-state index is -1.30. The Bertz CT molecular complexity index is 1070. The van der Waals surface area contributed by atoms with E-state index in [1.54, 1.807) is 25.1 Å². The van der Waals surface area contributed by atoms with Gasteiger partial charge in [0.15, 0.2) is 11.5 Å². The fraction of sp³-hybridized carbons (Fsp3) is 0.348. The van der Waals surface area contributed by atoms with Crippen molar-refractivity contribution in [1.29, 1.82) is 0 Å². The fourth-order valence-corrected chi connectivity index (χ4v) is 3.92. The Labute approximate surface area is 180 Å². The third-order valence-corrected chi connectivity index (χ3v) is 5.70. The van der Waals surface area contributed by atoms with Gasteiger partial charge in [-0.15, -0.1) is 0 Å². The van der Waals surface area contributed by atoms with Crippen molar-refractivity contribution in [3.05, 3.63) is 53.1 Å². The van der Waals surface area contributed by atoms with Crippen LogP contribution in [0.2, 0.25) is 0 Å². The lowest BCUT2D eigenvalue weighted by Gasteiger charge is -2.25. The average molecular weight is 423 g/mol. The van der Waals surface area contributed by atoms with Gasteiger partial charge in [-0.2, -0.15) is 0 Å². The lowest BCUT2D eigenvalue weighted by atomic mass is 9.91.